The summed E-state index contributed by atoms with van der Waals surface area (Å²) in [5.74, 6) is -0.267. The first-order valence-corrected chi connectivity index (χ1v) is 5.25. The predicted molar refractivity (Wildman–Crippen MR) is 61.9 cm³/mol. The highest BCUT2D eigenvalue weighted by molar-refractivity contribution is 5.76. The van der Waals surface area contributed by atoms with Crippen molar-refractivity contribution in [2.45, 2.75) is 33.2 Å². The van der Waals surface area contributed by atoms with E-state index in [1.807, 2.05) is 20.8 Å². The Labute approximate surface area is 96.0 Å². The molecule has 0 fully saturated rings. The normalized spacial score (nSPS) is 12.8. The molecule has 0 spiro atoms. The van der Waals surface area contributed by atoms with Crippen LogP contribution < -0.4 is 5.32 Å². The Morgan fingerprint density at radius 3 is 2.62 bits per heavy atom. The number of azide groups is 1. The van der Waals surface area contributed by atoms with Crippen molar-refractivity contribution in [1.29, 1.82) is 0 Å². The minimum absolute atomic E-state index is 0.203. The van der Waals surface area contributed by atoms with E-state index in [1.165, 1.54) is 7.11 Å². The highest BCUT2D eigenvalue weighted by atomic mass is 16.5. The predicted octanol–water partition coefficient (Wildman–Crippen LogP) is 1.86. The van der Waals surface area contributed by atoms with E-state index in [2.05, 4.69) is 15.3 Å². The highest BCUT2D eigenvalue weighted by Crippen LogP contribution is 2.20. The lowest BCUT2D eigenvalue weighted by Gasteiger charge is -2.29. The maximum atomic E-state index is 11.5. The Morgan fingerprint density at radius 1 is 1.56 bits per heavy atom. The molecule has 0 aliphatic heterocycles. The third-order valence-electron chi connectivity index (χ3n) is 2.15. The largest absolute Gasteiger partial charge is 0.468 e. The third kappa shape index (κ3) is 5.58. The van der Waals surface area contributed by atoms with Crippen LogP contribution in [0.1, 0.15) is 27.2 Å². The molecule has 0 aromatic heterocycles. The van der Waals surface area contributed by atoms with E-state index in [-0.39, 0.29) is 17.4 Å². The van der Waals surface area contributed by atoms with Gasteiger partial charge in [0.15, 0.2) is 0 Å². The second kappa shape index (κ2) is 7.09. The number of ether oxygens (including phenoxy) is 1. The first kappa shape index (κ1) is 14.7. The van der Waals surface area contributed by atoms with Crippen molar-refractivity contribution in [3.63, 3.8) is 0 Å². The molecule has 1 N–H and O–H groups in total. The average Bonchev–Trinajstić information content (AvgIpc) is 2.20. The van der Waals surface area contributed by atoms with Crippen LogP contribution in [0.4, 0.5) is 0 Å². The molecular weight excluding hydrogens is 208 g/mol. The van der Waals surface area contributed by atoms with E-state index in [0.717, 1.165) is 0 Å². The van der Waals surface area contributed by atoms with Crippen molar-refractivity contribution in [3.05, 3.63) is 10.4 Å². The van der Waals surface area contributed by atoms with Gasteiger partial charge in [-0.2, -0.15) is 0 Å². The molecule has 0 aliphatic rings. The standard InChI is InChI=1S/C10H20N4O2/c1-10(2,3)8(9(15)16-4)12-6-5-7-13-14-11/h8,12H,5-7H2,1-4H3. The Morgan fingerprint density at radius 2 is 2.19 bits per heavy atom. The second-order valence-electron chi connectivity index (χ2n) is 4.58. The molecule has 0 saturated carbocycles. The smallest absolute Gasteiger partial charge is 0.323 e. The topological polar surface area (TPSA) is 87.1 Å². The summed E-state index contributed by atoms with van der Waals surface area (Å²) in [6.07, 6.45) is 0.702. The lowest BCUT2D eigenvalue weighted by molar-refractivity contribution is -0.146. The van der Waals surface area contributed by atoms with Gasteiger partial charge in [0.05, 0.1) is 7.11 Å². The third-order valence-corrected chi connectivity index (χ3v) is 2.15. The molecule has 0 aromatic rings. The number of nitrogens with zero attached hydrogens (tertiary/aromatic N) is 3. The Kier molecular flexibility index (Phi) is 6.53. The van der Waals surface area contributed by atoms with Crippen LogP contribution in [0, 0.1) is 5.41 Å². The van der Waals surface area contributed by atoms with Gasteiger partial charge in [-0.25, -0.2) is 0 Å². The minimum atomic E-state index is -0.344. The molecule has 92 valence electrons. The molecule has 0 rings (SSSR count). The Bertz CT molecular complexity index is 266. The summed E-state index contributed by atoms with van der Waals surface area (Å²) in [5, 5.41) is 6.53. The van der Waals surface area contributed by atoms with Gasteiger partial charge in [-0.05, 0) is 23.9 Å². The Balaban J connectivity index is 4.13. The molecule has 1 atom stereocenters. The van der Waals surface area contributed by atoms with Crippen LogP contribution in [0.3, 0.4) is 0 Å². The lowest BCUT2D eigenvalue weighted by Crippen LogP contribution is -2.47. The zero-order valence-electron chi connectivity index (χ0n) is 10.4. The van der Waals surface area contributed by atoms with Gasteiger partial charge >= 0.3 is 5.97 Å². The summed E-state index contributed by atoms with van der Waals surface area (Å²) >= 11 is 0. The van der Waals surface area contributed by atoms with Crippen molar-refractivity contribution in [2.24, 2.45) is 10.5 Å². The van der Waals surface area contributed by atoms with Crippen LogP contribution >= 0.6 is 0 Å². The molecule has 0 bridgehead atoms. The fraction of sp³-hybridized carbons (Fsp3) is 0.900. The second-order valence-corrected chi connectivity index (χ2v) is 4.58. The monoisotopic (exact) mass is 228 g/mol. The number of hydrogen-bond acceptors (Lipinski definition) is 4. The van der Waals surface area contributed by atoms with Crippen LogP contribution in [0.25, 0.3) is 10.4 Å². The zero-order chi connectivity index (χ0) is 12.6. The fourth-order valence-corrected chi connectivity index (χ4v) is 1.30. The molecule has 6 nitrogen and oxygen atoms in total. The molecule has 0 amide bonds. The maximum Gasteiger partial charge on any atom is 0.323 e. The summed E-state index contributed by atoms with van der Waals surface area (Å²) in [5.41, 5.74) is 7.89. The van der Waals surface area contributed by atoms with Gasteiger partial charge in [0.25, 0.3) is 0 Å². The van der Waals surface area contributed by atoms with Crippen LogP contribution in [0.2, 0.25) is 0 Å². The summed E-state index contributed by atoms with van der Waals surface area (Å²) in [4.78, 5) is 14.2. The summed E-state index contributed by atoms with van der Waals surface area (Å²) < 4.78 is 4.73. The minimum Gasteiger partial charge on any atom is -0.468 e. The summed E-state index contributed by atoms with van der Waals surface area (Å²) in [6, 6.07) is -0.344. The van der Waals surface area contributed by atoms with E-state index in [0.29, 0.717) is 19.5 Å². The summed E-state index contributed by atoms with van der Waals surface area (Å²) in [6.45, 7) is 6.96. The molecule has 6 heteroatoms. The van der Waals surface area contributed by atoms with Gasteiger partial charge in [0, 0.05) is 11.5 Å². The quantitative estimate of drug-likeness (QED) is 0.247. The molecule has 0 saturated heterocycles. The van der Waals surface area contributed by atoms with Gasteiger partial charge in [0.2, 0.25) is 0 Å². The summed E-state index contributed by atoms with van der Waals surface area (Å²) in [7, 11) is 1.38. The molecule has 0 aliphatic carbocycles. The molecule has 0 heterocycles. The number of hydrogen-bond donors (Lipinski definition) is 1. The van der Waals surface area contributed by atoms with Crippen LogP contribution in [-0.2, 0) is 9.53 Å². The van der Waals surface area contributed by atoms with Gasteiger partial charge < -0.3 is 10.1 Å². The Hall–Kier alpha value is -1.26. The number of carbonyl (C=O) groups excluding carboxylic acids is 1. The maximum absolute atomic E-state index is 11.5. The number of methoxy groups -OCH3 is 1. The van der Waals surface area contributed by atoms with Gasteiger partial charge in [-0.1, -0.05) is 25.9 Å². The van der Waals surface area contributed by atoms with E-state index >= 15 is 0 Å². The first-order valence-electron chi connectivity index (χ1n) is 5.25. The number of nitrogens with one attached hydrogen (secondary N) is 1. The van der Waals surface area contributed by atoms with Crippen molar-refractivity contribution >= 4 is 5.97 Å². The van der Waals surface area contributed by atoms with Gasteiger partial charge in [-0.15, -0.1) is 0 Å². The lowest BCUT2D eigenvalue weighted by atomic mass is 9.86. The molecule has 0 radical (unpaired) electrons. The molecule has 1 unspecified atom stereocenters. The first-order chi connectivity index (χ1) is 7.43. The van der Waals surface area contributed by atoms with Crippen LogP contribution in [0.15, 0.2) is 5.11 Å². The SMILES string of the molecule is COC(=O)C(NCCCN=[N+]=[N-])C(C)(C)C. The fourth-order valence-electron chi connectivity index (χ4n) is 1.30. The zero-order valence-corrected chi connectivity index (χ0v) is 10.4. The number of carbonyl (C=O) groups is 1. The van der Waals surface area contributed by atoms with Crippen molar-refractivity contribution in [1.82, 2.24) is 5.32 Å². The van der Waals surface area contributed by atoms with Crippen molar-refractivity contribution in [2.75, 3.05) is 20.2 Å². The average molecular weight is 228 g/mol. The van der Waals surface area contributed by atoms with Gasteiger partial charge in [0.1, 0.15) is 6.04 Å². The number of rotatable bonds is 6. The highest BCUT2D eigenvalue weighted by Gasteiger charge is 2.31. The van der Waals surface area contributed by atoms with Crippen LogP contribution in [0.5, 0.6) is 0 Å². The van der Waals surface area contributed by atoms with Gasteiger partial charge in [-0.3, -0.25) is 4.79 Å². The van der Waals surface area contributed by atoms with E-state index < -0.39 is 0 Å². The number of esters is 1. The molecule has 0 aromatic carbocycles. The van der Waals surface area contributed by atoms with Crippen LogP contribution in [-0.4, -0.2) is 32.2 Å². The van der Waals surface area contributed by atoms with Crippen molar-refractivity contribution in [3.8, 4) is 0 Å². The van der Waals surface area contributed by atoms with Crippen molar-refractivity contribution < 1.29 is 9.53 Å². The molecular formula is C10H20N4O2. The van der Waals surface area contributed by atoms with E-state index in [1.54, 1.807) is 0 Å². The van der Waals surface area contributed by atoms with E-state index in [9.17, 15) is 4.79 Å². The molecule has 16 heavy (non-hydrogen) atoms. The van der Waals surface area contributed by atoms with E-state index in [4.69, 9.17) is 10.3 Å².